The molecule has 0 bridgehead atoms. The van der Waals surface area contributed by atoms with Gasteiger partial charge in [-0.2, -0.15) is 20.4 Å². The molecule has 12 aromatic rings. The summed E-state index contributed by atoms with van der Waals surface area (Å²) in [5.41, 5.74) is 17.3. The number of hydrogen-bond acceptors (Lipinski definition) is 16. The first-order chi connectivity index (χ1) is 55.1. The third kappa shape index (κ3) is 20.5. The highest BCUT2D eigenvalue weighted by molar-refractivity contribution is 5.68. The smallest absolute Gasteiger partial charge is 0.250 e. The van der Waals surface area contributed by atoms with Crippen LogP contribution in [0.15, 0.2) is 197 Å². The highest BCUT2D eigenvalue weighted by Gasteiger charge is 2.24. The highest BCUT2D eigenvalue weighted by atomic mass is 16.5. The summed E-state index contributed by atoms with van der Waals surface area (Å²) in [5.74, 6) is 3.90. The molecule has 24 nitrogen and oxygen atoms in total. The molecule has 588 valence electrons. The topological polar surface area (TPSA) is 253 Å². The lowest BCUT2D eigenvalue weighted by Crippen LogP contribution is -2.27. The predicted octanol–water partition coefficient (Wildman–Crippen LogP) is 15.2. The maximum absolute atomic E-state index is 12.1. The Morgan fingerprint density at radius 1 is 0.354 bits per heavy atom. The zero-order chi connectivity index (χ0) is 78.2. The van der Waals surface area contributed by atoms with Crippen molar-refractivity contribution in [3.8, 4) is 67.3 Å². The molecule has 14 heterocycles. The van der Waals surface area contributed by atoms with Crippen LogP contribution in [-0.2, 0) is 48.5 Å². The summed E-state index contributed by atoms with van der Waals surface area (Å²) in [5, 5.41) is 25.0. The number of ether oxygens (including phenoxy) is 2. The van der Waals surface area contributed by atoms with Gasteiger partial charge in [0.25, 0.3) is 22.2 Å². The van der Waals surface area contributed by atoms with Gasteiger partial charge in [0, 0.05) is 218 Å². The number of aryl methyl sites for hydroxylation is 6. The summed E-state index contributed by atoms with van der Waals surface area (Å²) in [4.78, 5) is 66.9. The second kappa shape index (κ2) is 37.4. The maximum atomic E-state index is 12.1. The molecular weight excluding hydrogens is 1420 g/mol. The molecule has 3 aliphatic carbocycles. The van der Waals surface area contributed by atoms with Crippen molar-refractivity contribution in [3.63, 3.8) is 0 Å². The van der Waals surface area contributed by atoms with Crippen molar-refractivity contribution < 1.29 is 9.47 Å². The molecule has 5 fully saturated rings. The molecule has 0 spiro atoms. The summed E-state index contributed by atoms with van der Waals surface area (Å²) < 4.78 is 25.1. The third-order valence-electron chi connectivity index (χ3n) is 22.1. The lowest BCUT2D eigenvalue weighted by molar-refractivity contribution is 0.0661. The standard InChI is InChI=1S/C23H28N4O2.C22H25N5O.C22H27N5O.C22H26N4O2/c1-3-10-26-16-21(5-7-23(26)28)27-15-19(14-24-27)22-6-4-20(25-17(22)2)13-18-8-11-29-12-9-18;1-15-20(8-9-21(24-15)25-18-3-2-4-18)17-11-23-27(13-17)19-7-10-22(28)26(14-19)12-16-5-6-16;1-3-12-26-15-19(8-11-22(26)28)27-14-17(13-23-27)20-9-10-21(24-16(20)2)25-18-6-4-5-7-18;1-2-9-25-16-21(5-6-22(25)27)26-15-19(14-24-26)18-3-4-20(23-13-18)12-17-7-10-28-11-8-17/h4-7,14-16,18H,3,8-13H2,1-2H3;7-11,13-14,16,18H,2-6,12H2,1H3,(H,24,25);8-11,13-15,18H,3-7,12H2,1-2H3,(H,24,25);3-6,13-17H,2,7-12H2,1H3. The summed E-state index contributed by atoms with van der Waals surface area (Å²) in [6.45, 7) is 18.7. The minimum Gasteiger partial charge on any atom is -0.381 e. The lowest BCUT2D eigenvalue weighted by Gasteiger charge is -2.27. The highest BCUT2D eigenvalue weighted by Crippen LogP contribution is 2.33. The minimum atomic E-state index is 0.0160. The Kier molecular flexibility index (Phi) is 26.0. The lowest BCUT2D eigenvalue weighted by atomic mass is 9.93. The van der Waals surface area contributed by atoms with E-state index in [1.807, 2.05) is 137 Å². The fourth-order valence-corrected chi connectivity index (χ4v) is 15.2. The van der Waals surface area contributed by atoms with Crippen LogP contribution in [0.2, 0.25) is 0 Å². The van der Waals surface area contributed by atoms with E-state index in [9.17, 15) is 19.2 Å². The van der Waals surface area contributed by atoms with E-state index in [4.69, 9.17) is 24.4 Å². The number of aromatic nitrogens is 16. The molecule has 17 rings (SSSR count). The van der Waals surface area contributed by atoms with Crippen molar-refractivity contribution in [2.24, 2.45) is 17.8 Å². The number of hydrogen-bond donors (Lipinski definition) is 2. The van der Waals surface area contributed by atoms with Gasteiger partial charge in [-0.05, 0) is 202 Å². The molecule has 2 N–H and O–H groups in total. The van der Waals surface area contributed by atoms with Crippen LogP contribution in [0.4, 0.5) is 11.6 Å². The van der Waals surface area contributed by atoms with Crippen LogP contribution in [0.5, 0.6) is 0 Å². The van der Waals surface area contributed by atoms with Crippen LogP contribution in [0.1, 0.15) is 152 Å². The van der Waals surface area contributed by atoms with E-state index in [2.05, 4.69) is 106 Å². The van der Waals surface area contributed by atoms with E-state index in [0.717, 1.165) is 198 Å². The average molecular weight is 1520 g/mol. The number of nitrogens with zero attached hydrogens (tertiary/aromatic N) is 16. The molecule has 0 atom stereocenters. The van der Waals surface area contributed by atoms with Crippen molar-refractivity contribution in [2.75, 3.05) is 37.1 Å². The molecule has 12 aromatic heterocycles. The van der Waals surface area contributed by atoms with Crippen LogP contribution in [0.3, 0.4) is 0 Å². The van der Waals surface area contributed by atoms with Gasteiger partial charge in [0.15, 0.2) is 0 Å². The van der Waals surface area contributed by atoms with Crippen LogP contribution in [0, 0.1) is 38.5 Å². The van der Waals surface area contributed by atoms with Crippen molar-refractivity contribution in [1.82, 2.24) is 77.3 Å². The Hall–Kier alpha value is -11.2. The van der Waals surface area contributed by atoms with E-state index in [1.54, 1.807) is 48.7 Å². The Bertz CT molecular complexity index is 5400. The van der Waals surface area contributed by atoms with Gasteiger partial charge in [0.1, 0.15) is 11.6 Å². The van der Waals surface area contributed by atoms with Crippen molar-refractivity contribution >= 4 is 11.6 Å². The number of anilines is 2. The summed E-state index contributed by atoms with van der Waals surface area (Å²) in [7, 11) is 0. The second-order valence-electron chi connectivity index (χ2n) is 30.8. The Labute approximate surface area is 660 Å². The molecule has 113 heavy (non-hydrogen) atoms. The summed E-state index contributed by atoms with van der Waals surface area (Å²) >= 11 is 0. The number of rotatable bonds is 24. The van der Waals surface area contributed by atoms with Crippen LogP contribution < -0.4 is 32.9 Å². The Morgan fingerprint density at radius 2 is 0.726 bits per heavy atom. The molecule has 0 amide bonds. The van der Waals surface area contributed by atoms with Gasteiger partial charge in [-0.25, -0.2) is 28.7 Å². The number of pyridine rings is 8. The van der Waals surface area contributed by atoms with Crippen molar-refractivity contribution in [1.29, 1.82) is 0 Å². The second-order valence-corrected chi connectivity index (χ2v) is 30.8. The molecule has 0 unspecified atom stereocenters. The van der Waals surface area contributed by atoms with Crippen molar-refractivity contribution in [3.05, 3.63) is 248 Å². The van der Waals surface area contributed by atoms with Gasteiger partial charge in [0.05, 0.1) is 47.5 Å². The summed E-state index contributed by atoms with van der Waals surface area (Å²) in [6.07, 6.45) is 45.4. The van der Waals surface area contributed by atoms with E-state index >= 15 is 0 Å². The molecule has 5 aliphatic rings. The van der Waals surface area contributed by atoms with E-state index in [1.165, 1.54) is 57.8 Å². The molecule has 2 saturated heterocycles. The number of nitrogens with one attached hydrogen (secondary N) is 2. The van der Waals surface area contributed by atoms with Crippen LogP contribution in [-0.4, -0.2) is 116 Å². The minimum absolute atomic E-state index is 0.0160. The fraction of sp³-hybridized carbons (Fsp3) is 0.416. The molecule has 2 aliphatic heterocycles. The van der Waals surface area contributed by atoms with Gasteiger partial charge in [0.2, 0.25) is 0 Å². The first kappa shape index (κ1) is 78.4. The predicted molar refractivity (Wildman–Crippen MR) is 444 cm³/mol. The van der Waals surface area contributed by atoms with Crippen LogP contribution >= 0.6 is 0 Å². The van der Waals surface area contributed by atoms with E-state index in [-0.39, 0.29) is 22.2 Å². The Morgan fingerprint density at radius 3 is 1.11 bits per heavy atom. The molecule has 3 saturated carbocycles. The first-order valence-electron chi connectivity index (χ1n) is 40.7. The zero-order valence-electron chi connectivity index (χ0n) is 66.1. The molecule has 24 heteroatoms. The maximum Gasteiger partial charge on any atom is 0.250 e. The third-order valence-corrected chi connectivity index (χ3v) is 22.1. The van der Waals surface area contributed by atoms with E-state index < -0.39 is 0 Å². The first-order valence-corrected chi connectivity index (χ1v) is 40.7. The zero-order valence-corrected chi connectivity index (χ0v) is 66.1. The largest absolute Gasteiger partial charge is 0.381 e. The van der Waals surface area contributed by atoms with Crippen LogP contribution in [0.25, 0.3) is 67.3 Å². The molecular formula is C89H106N18O6. The average Bonchev–Trinajstić information content (AvgIpc) is 1.72. The van der Waals surface area contributed by atoms with Gasteiger partial charge in [-0.15, -0.1) is 0 Å². The monoisotopic (exact) mass is 1520 g/mol. The molecule has 0 radical (unpaired) electrons. The summed E-state index contributed by atoms with van der Waals surface area (Å²) in [6, 6.07) is 31.7. The molecule has 0 aromatic carbocycles. The van der Waals surface area contributed by atoms with E-state index in [0.29, 0.717) is 49.5 Å². The quantitative estimate of drug-likeness (QED) is 0.0570. The van der Waals surface area contributed by atoms with Gasteiger partial charge < -0.3 is 38.4 Å². The normalized spacial score (nSPS) is 15.3. The van der Waals surface area contributed by atoms with Gasteiger partial charge in [-0.3, -0.25) is 29.1 Å². The van der Waals surface area contributed by atoms with Crippen molar-refractivity contribution in [2.45, 2.75) is 195 Å². The van der Waals surface area contributed by atoms with Gasteiger partial charge >= 0.3 is 0 Å². The fourth-order valence-electron chi connectivity index (χ4n) is 15.2. The Balaban J connectivity index is 0.000000125. The SMILES string of the molecule is CCCn1cc(-n2cc(-c3ccc(CC4CCOCC4)nc3)cn2)ccc1=O.CCCn1cc(-n2cc(-c3ccc(CC4CCOCC4)nc3C)cn2)ccc1=O.CCCn1cc(-n2cc(-c3ccc(NC4CCCC4)nc3C)cn2)ccc1=O.Cc1nc(NC2CCC2)ccc1-c1cnn(-c2ccc(=O)n(CC3CC3)c2)c1. The van der Waals surface area contributed by atoms with Gasteiger partial charge in [-0.1, -0.05) is 45.7 Å².